The first-order chi connectivity index (χ1) is 4.41. The normalized spacial score (nSPS) is 9.00. The van der Waals surface area contributed by atoms with Crippen LogP contribution in [0, 0.1) is 0 Å². The van der Waals surface area contributed by atoms with Gasteiger partial charge in [-0.1, -0.05) is 26.7 Å². The summed E-state index contributed by atoms with van der Waals surface area (Å²) in [6.07, 6.45) is 5.49. The van der Waals surface area contributed by atoms with Crippen LogP contribution in [0.5, 0.6) is 0 Å². The van der Waals surface area contributed by atoms with E-state index in [1.165, 1.54) is 37.2 Å². The third-order valence-corrected chi connectivity index (χ3v) is 2.44. The van der Waals surface area contributed by atoms with Gasteiger partial charge in [0.25, 0.3) is 0 Å². The topological polar surface area (TPSA) is 0 Å². The first-order valence-corrected chi connectivity index (χ1v) is 5.15. The molecule has 0 rings (SSSR count). The smallest absolute Gasteiger partial charge is 0.00676 e. The first kappa shape index (κ1) is 13.2. The Morgan fingerprint density at radius 3 is 1.60 bits per heavy atom. The summed E-state index contributed by atoms with van der Waals surface area (Å²) in [7, 11) is 0. The maximum absolute atomic E-state index is 2.25. The Labute approximate surface area is 75.6 Å². The van der Waals surface area contributed by atoms with E-state index < -0.39 is 0 Å². The highest BCUT2D eigenvalue weighted by Gasteiger charge is 1.85. The van der Waals surface area contributed by atoms with Gasteiger partial charge in [-0.05, 0) is 24.3 Å². The zero-order chi connectivity index (χ0) is 6.95. The number of rotatable bonds is 6. The van der Waals surface area contributed by atoms with Crippen LogP contribution in [0.4, 0.5) is 0 Å². The van der Waals surface area contributed by atoms with E-state index in [1.54, 1.807) is 0 Å². The van der Waals surface area contributed by atoms with E-state index in [4.69, 9.17) is 0 Å². The molecule has 0 heterocycles. The van der Waals surface area contributed by atoms with Crippen molar-refractivity contribution in [1.29, 1.82) is 0 Å². The second-order valence-electron chi connectivity index (χ2n) is 2.32. The van der Waals surface area contributed by atoms with Gasteiger partial charge in [0.1, 0.15) is 0 Å². The number of halogens is 1. The SMILES string of the molecule is CCCCSCCCC.Cl. The van der Waals surface area contributed by atoms with Crippen molar-refractivity contribution in [1.82, 2.24) is 0 Å². The summed E-state index contributed by atoms with van der Waals surface area (Å²) in [5.41, 5.74) is 0. The molecular weight excluding hydrogens is 164 g/mol. The van der Waals surface area contributed by atoms with E-state index >= 15 is 0 Å². The molecule has 0 saturated carbocycles. The van der Waals surface area contributed by atoms with Gasteiger partial charge < -0.3 is 0 Å². The molecule has 0 aliphatic rings. The molecule has 0 fully saturated rings. The average Bonchev–Trinajstić information content (AvgIpc) is 1.89. The molecule has 0 N–H and O–H groups in total. The molecule has 0 saturated heterocycles. The lowest BCUT2D eigenvalue weighted by molar-refractivity contribution is 0.879. The Bertz CT molecular complexity index is 42.5. The molecule has 64 valence electrons. The zero-order valence-electron chi connectivity index (χ0n) is 7.06. The van der Waals surface area contributed by atoms with Crippen LogP contribution in [-0.4, -0.2) is 11.5 Å². The molecule has 0 atom stereocenters. The summed E-state index contributed by atoms with van der Waals surface area (Å²) < 4.78 is 0. The van der Waals surface area contributed by atoms with Crippen LogP contribution in [0.15, 0.2) is 0 Å². The van der Waals surface area contributed by atoms with Crippen LogP contribution in [0.3, 0.4) is 0 Å². The number of hydrogen-bond donors (Lipinski definition) is 0. The van der Waals surface area contributed by atoms with Crippen molar-refractivity contribution < 1.29 is 0 Å². The van der Waals surface area contributed by atoms with Gasteiger partial charge >= 0.3 is 0 Å². The fourth-order valence-electron chi connectivity index (χ4n) is 0.595. The molecule has 2 heteroatoms. The Balaban J connectivity index is 0. The van der Waals surface area contributed by atoms with Crippen LogP contribution >= 0.6 is 24.2 Å². The van der Waals surface area contributed by atoms with Crippen molar-refractivity contribution in [2.45, 2.75) is 39.5 Å². The molecule has 0 aliphatic carbocycles. The molecule has 0 amide bonds. The third kappa shape index (κ3) is 11.4. The number of thioether (sulfide) groups is 1. The fourth-order valence-corrected chi connectivity index (χ4v) is 1.78. The highest BCUT2D eigenvalue weighted by atomic mass is 35.5. The standard InChI is InChI=1S/C8H18S.ClH/c1-3-5-7-9-8-6-4-2;/h3-8H2,1-2H3;1H. The quantitative estimate of drug-likeness (QED) is 0.564. The van der Waals surface area contributed by atoms with Crippen LogP contribution in [0.1, 0.15) is 39.5 Å². The van der Waals surface area contributed by atoms with Crippen molar-refractivity contribution >= 4 is 24.2 Å². The molecule has 0 bridgehead atoms. The summed E-state index contributed by atoms with van der Waals surface area (Å²) in [5, 5.41) is 0. The molecule has 0 aromatic carbocycles. The van der Waals surface area contributed by atoms with Crippen LogP contribution in [0.25, 0.3) is 0 Å². The molecule has 0 unspecified atom stereocenters. The van der Waals surface area contributed by atoms with E-state index in [2.05, 4.69) is 25.6 Å². The van der Waals surface area contributed by atoms with Crippen molar-refractivity contribution in [3.05, 3.63) is 0 Å². The lowest BCUT2D eigenvalue weighted by Crippen LogP contribution is -1.81. The Hall–Kier alpha value is 0.640. The zero-order valence-corrected chi connectivity index (χ0v) is 8.69. The summed E-state index contributed by atoms with van der Waals surface area (Å²) in [5.74, 6) is 2.74. The molecule has 0 nitrogen and oxygen atoms in total. The lowest BCUT2D eigenvalue weighted by Gasteiger charge is -1.96. The van der Waals surface area contributed by atoms with Crippen LogP contribution < -0.4 is 0 Å². The van der Waals surface area contributed by atoms with Gasteiger partial charge in [-0.15, -0.1) is 12.4 Å². The van der Waals surface area contributed by atoms with Crippen LogP contribution in [0.2, 0.25) is 0 Å². The minimum Gasteiger partial charge on any atom is -0.162 e. The third-order valence-electron chi connectivity index (χ3n) is 1.28. The molecule has 10 heavy (non-hydrogen) atoms. The highest BCUT2D eigenvalue weighted by Crippen LogP contribution is 2.06. The van der Waals surface area contributed by atoms with E-state index in [1.807, 2.05) is 0 Å². The summed E-state index contributed by atoms with van der Waals surface area (Å²) in [4.78, 5) is 0. The number of hydrogen-bond acceptors (Lipinski definition) is 1. The van der Waals surface area contributed by atoms with Gasteiger partial charge in [-0.2, -0.15) is 11.8 Å². The van der Waals surface area contributed by atoms with Crippen molar-refractivity contribution in [3.63, 3.8) is 0 Å². The van der Waals surface area contributed by atoms with E-state index in [-0.39, 0.29) is 12.4 Å². The predicted octanol–water partition coefficient (Wildman–Crippen LogP) is 3.74. The summed E-state index contributed by atoms with van der Waals surface area (Å²) in [6.45, 7) is 4.50. The maximum atomic E-state index is 2.25. The van der Waals surface area contributed by atoms with Gasteiger partial charge in [0.15, 0.2) is 0 Å². The van der Waals surface area contributed by atoms with E-state index in [0.717, 1.165) is 0 Å². The molecule has 0 aliphatic heterocycles. The average molecular weight is 183 g/mol. The highest BCUT2D eigenvalue weighted by molar-refractivity contribution is 7.99. The molecule has 0 spiro atoms. The van der Waals surface area contributed by atoms with Crippen molar-refractivity contribution in [2.24, 2.45) is 0 Å². The van der Waals surface area contributed by atoms with Gasteiger partial charge in [-0.3, -0.25) is 0 Å². The van der Waals surface area contributed by atoms with E-state index in [0.29, 0.717) is 0 Å². The second-order valence-corrected chi connectivity index (χ2v) is 3.54. The first-order valence-electron chi connectivity index (χ1n) is 3.99. The fraction of sp³-hybridized carbons (Fsp3) is 1.00. The largest absolute Gasteiger partial charge is 0.162 e. The number of unbranched alkanes of at least 4 members (excludes halogenated alkanes) is 2. The molecule has 0 radical (unpaired) electrons. The Kier molecular flexibility index (Phi) is 16.3. The van der Waals surface area contributed by atoms with Gasteiger partial charge in [0.05, 0.1) is 0 Å². The lowest BCUT2D eigenvalue weighted by atomic mass is 10.4. The maximum Gasteiger partial charge on any atom is -0.00676 e. The Morgan fingerprint density at radius 2 is 1.30 bits per heavy atom. The molecular formula is C8H19ClS. The van der Waals surface area contributed by atoms with Gasteiger partial charge in [-0.25, -0.2) is 0 Å². The van der Waals surface area contributed by atoms with Crippen molar-refractivity contribution in [3.8, 4) is 0 Å². The summed E-state index contributed by atoms with van der Waals surface area (Å²) >= 11 is 2.10. The van der Waals surface area contributed by atoms with E-state index in [9.17, 15) is 0 Å². The second kappa shape index (κ2) is 12.3. The van der Waals surface area contributed by atoms with Gasteiger partial charge in [0.2, 0.25) is 0 Å². The molecule has 0 aromatic heterocycles. The molecule has 0 aromatic rings. The van der Waals surface area contributed by atoms with Gasteiger partial charge in [0, 0.05) is 0 Å². The van der Waals surface area contributed by atoms with Crippen molar-refractivity contribution in [2.75, 3.05) is 11.5 Å². The Morgan fingerprint density at radius 1 is 0.900 bits per heavy atom. The summed E-state index contributed by atoms with van der Waals surface area (Å²) in [6, 6.07) is 0. The minimum absolute atomic E-state index is 0. The monoisotopic (exact) mass is 182 g/mol. The van der Waals surface area contributed by atoms with Crippen LogP contribution in [-0.2, 0) is 0 Å². The minimum atomic E-state index is 0. The predicted molar refractivity (Wildman–Crippen MR) is 54.4 cm³/mol.